The molecule has 0 unspecified atom stereocenters. The Kier molecular flexibility index (Phi) is 8.65. The van der Waals surface area contributed by atoms with Crippen molar-refractivity contribution >= 4 is 29.3 Å². The van der Waals surface area contributed by atoms with Gasteiger partial charge in [0.1, 0.15) is 6.61 Å². The van der Waals surface area contributed by atoms with E-state index in [1.165, 1.54) is 7.11 Å². The van der Waals surface area contributed by atoms with E-state index >= 15 is 0 Å². The van der Waals surface area contributed by atoms with Gasteiger partial charge in [0.15, 0.2) is 0 Å². The molecule has 154 valence electrons. The third kappa shape index (κ3) is 7.63. The lowest BCUT2D eigenvalue weighted by atomic mass is 10.1. The second-order valence-corrected chi connectivity index (χ2v) is 6.20. The van der Waals surface area contributed by atoms with Crippen LogP contribution in [0.15, 0.2) is 48.5 Å². The van der Waals surface area contributed by atoms with Crippen LogP contribution in [0.1, 0.15) is 22.3 Å². The lowest BCUT2D eigenvalue weighted by molar-refractivity contribution is -0.116. The van der Waals surface area contributed by atoms with E-state index in [1.54, 1.807) is 36.4 Å². The summed E-state index contributed by atoms with van der Waals surface area (Å²) in [5.74, 6) is -0.469. The number of hydrogen-bond acceptors (Lipinski definition) is 5. The highest BCUT2D eigenvalue weighted by atomic mass is 16.6. The number of anilines is 2. The molecule has 0 saturated heterocycles. The minimum atomic E-state index is -0.607. The van der Waals surface area contributed by atoms with Crippen LogP contribution in [-0.2, 0) is 14.3 Å². The highest BCUT2D eigenvalue weighted by Crippen LogP contribution is 2.15. The predicted molar refractivity (Wildman–Crippen MR) is 110 cm³/mol. The molecule has 0 spiro atoms. The fraction of sp³-hybridized carbons (Fsp3) is 0.286. The van der Waals surface area contributed by atoms with Crippen molar-refractivity contribution in [1.29, 1.82) is 0 Å². The Morgan fingerprint density at radius 2 is 1.66 bits per heavy atom. The third-order valence-electron chi connectivity index (χ3n) is 3.94. The predicted octanol–water partition coefficient (Wildman–Crippen LogP) is 2.95. The van der Waals surface area contributed by atoms with Crippen molar-refractivity contribution in [1.82, 2.24) is 5.32 Å². The van der Waals surface area contributed by atoms with Gasteiger partial charge in [0.25, 0.3) is 5.91 Å². The van der Waals surface area contributed by atoms with Crippen molar-refractivity contribution in [3.05, 3.63) is 59.7 Å². The average molecular weight is 399 g/mol. The van der Waals surface area contributed by atoms with Gasteiger partial charge < -0.3 is 20.1 Å². The molecule has 0 aliphatic carbocycles. The summed E-state index contributed by atoms with van der Waals surface area (Å²) < 4.78 is 9.73. The number of rotatable bonds is 9. The molecule has 0 fully saturated rings. The van der Waals surface area contributed by atoms with Crippen molar-refractivity contribution in [2.45, 2.75) is 13.3 Å². The van der Waals surface area contributed by atoms with Crippen LogP contribution in [0.5, 0.6) is 0 Å². The zero-order valence-electron chi connectivity index (χ0n) is 16.5. The number of carbonyl (C=O) groups excluding carboxylic acids is 3. The van der Waals surface area contributed by atoms with Crippen molar-refractivity contribution < 1.29 is 23.9 Å². The van der Waals surface area contributed by atoms with E-state index in [4.69, 9.17) is 9.47 Å². The molecule has 0 radical (unpaired) electrons. The summed E-state index contributed by atoms with van der Waals surface area (Å²) in [5.41, 5.74) is 2.47. The maximum absolute atomic E-state index is 12.1. The fourth-order valence-corrected chi connectivity index (χ4v) is 2.48. The van der Waals surface area contributed by atoms with Gasteiger partial charge in [-0.25, -0.2) is 4.79 Å². The molecule has 8 heteroatoms. The number of ether oxygens (including phenoxy) is 2. The van der Waals surface area contributed by atoms with Crippen molar-refractivity contribution in [2.24, 2.45) is 0 Å². The van der Waals surface area contributed by atoms with Gasteiger partial charge in [-0.15, -0.1) is 0 Å². The number of aryl methyl sites for hydroxylation is 1. The van der Waals surface area contributed by atoms with Crippen LogP contribution in [-0.4, -0.2) is 44.8 Å². The van der Waals surface area contributed by atoms with E-state index in [-0.39, 0.29) is 31.4 Å². The number of hydrogen-bond donors (Lipinski definition) is 3. The van der Waals surface area contributed by atoms with E-state index in [0.717, 1.165) is 5.56 Å². The van der Waals surface area contributed by atoms with Crippen LogP contribution in [0.2, 0.25) is 0 Å². The van der Waals surface area contributed by atoms with Gasteiger partial charge in [-0.1, -0.05) is 24.3 Å². The van der Waals surface area contributed by atoms with E-state index < -0.39 is 6.09 Å². The van der Waals surface area contributed by atoms with E-state index in [9.17, 15) is 14.4 Å². The topological polar surface area (TPSA) is 106 Å². The second-order valence-electron chi connectivity index (χ2n) is 6.20. The summed E-state index contributed by atoms with van der Waals surface area (Å²) in [6.45, 7) is 2.52. The number of benzene rings is 2. The van der Waals surface area contributed by atoms with Gasteiger partial charge in [-0.2, -0.15) is 0 Å². The molecule has 3 amide bonds. The summed E-state index contributed by atoms with van der Waals surface area (Å²) >= 11 is 0. The number of nitrogens with one attached hydrogen (secondary N) is 3. The van der Waals surface area contributed by atoms with Crippen LogP contribution in [0, 0.1) is 6.92 Å². The molecule has 29 heavy (non-hydrogen) atoms. The molecule has 2 aromatic carbocycles. The minimum absolute atomic E-state index is 0.119. The lowest BCUT2D eigenvalue weighted by Gasteiger charge is -2.10. The zero-order chi connectivity index (χ0) is 21.1. The van der Waals surface area contributed by atoms with Gasteiger partial charge in [0, 0.05) is 37.0 Å². The van der Waals surface area contributed by atoms with E-state index in [2.05, 4.69) is 16.0 Å². The summed E-state index contributed by atoms with van der Waals surface area (Å²) in [7, 11) is 1.52. The summed E-state index contributed by atoms with van der Waals surface area (Å²) in [4.78, 5) is 35.9. The van der Waals surface area contributed by atoms with Crippen LogP contribution in [0.3, 0.4) is 0 Å². The van der Waals surface area contributed by atoms with Crippen molar-refractivity contribution in [2.75, 3.05) is 37.5 Å². The van der Waals surface area contributed by atoms with Crippen LogP contribution in [0.25, 0.3) is 0 Å². The minimum Gasteiger partial charge on any atom is -0.447 e. The number of methoxy groups -OCH3 is 1. The van der Waals surface area contributed by atoms with Gasteiger partial charge >= 0.3 is 6.09 Å². The van der Waals surface area contributed by atoms with Gasteiger partial charge in [0.05, 0.1) is 6.61 Å². The Balaban J connectivity index is 1.78. The molecule has 0 saturated carbocycles. The maximum atomic E-state index is 12.1. The van der Waals surface area contributed by atoms with Crippen LogP contribution < -0.4 is 16.0 Å². The highest BCUT2D eigenvalue weighted by molar-refractivity contribution is 5.96. The van der Waals surface area contributed by atoms with Gasteiger partial charge in [-0.05, 0) is 36.8 Å². The first-order chi connectivity index (χ1) is 14.0. The molecule has 2 aromatic rings. The largest absolute Gasteiger partial charge is 0.447 e. The molecule has 0 aliphatic rings. The maximum Gasteiger partial charge on any atom is 0.411 e. The Morgan fingerprint density at radius 1 is 0.931 bits per heavy atom. The third-order valence-corrected chi connectivity index (χ3v) is 3.94. The molecule has 0 aliphatic heterocycles. The molecule has 8 nitrogen and oxygen atoms in total. The molecule has 0 atom stereocenters. The smallest absolute Gasteiger partial charge is 0.411 e. The first-order valence-corrected chi connectivity index (χ1v) is 9.16. The Morgan fingerprint density at radius 3 is 2.38 bits per heavy atom. The average Bonchev–Trinajstić information content (AvgIpc) is 2.68. The van der Waals surface area contributed by atoms with E-state index in [0.29, 0.717) is 23.5 Å². The summed E-state index contributed by atoms with van der Waals surface area (Å²) in [5, 5.41) is 8.04. The normalized spacial score (nSPS) is 10.1. The van der Waals surface area contributed by atoms with Gasteiger partial charge in [-0.3, -0.25) is 14.9 Å². The molecule has 2 rings (SSSR count). The van der Waals surface area contributed by atoms with E-state index in [1.807, 2.05) is 19.1 Å². The standard InChI is InChI=1S/C21H25N3O5/c1-15-6-3-4-9-18(15)20(26)22-11-10-19(25)23-16-7-5-8-17(14-16)24-21(27)29-13-12-28-2/h3-9,14H,10-13H2,1-2H3,(H,22,26)(H,23,25)(H,24,27). The number of amides is 3. The van der Waals surface area contributed by atoms with Gasteiger partial charge in [0.2, 0.25) is 5.91 Å². The molecule has 3 N–H and O–H groups in total. The summed E-state index contributed by atoms with van der Waals surface area (Å²) in [6, 6.07) is 13.9. The quantitative estimate of drug-likeness (QED) is 0.562. The molecular formula is C21H25N3O5. The van der Waals surface area contributed by atoms with Crippen LogP contribution >= 0.6 is 0 Å². The fourth-order valence-electron chi connectivity index (χ4n) is 2.48. The molecule has 0 bridgehead atoms. The monoisotopic (exact) mass is 399 g/mol. The summed E-state index contributed by atoms with van der Waals surface area (Å²) in [6.07, 6.45) is -0.488. The molecular weight excluding hydrogens is 374 g/mol. The Hall–Kier alpha value is -3.39. The first kappa shape index (κ1) is 21.9. The Labute approximate surface area is 169 Å². The highest BCUT2D eigenvalue weighted by Gasteiger charge is 2.09. The second kappa shape index (κ2) is 11.5. The lowest BCUT2D eigenvalue weighted by Crippen LogP contribution is -2.28. The van der Waals surface area contributed by atoms with Crippen molar-refractivity contribution in [3.8, 4) is 0 Å². The molecule has 0 aromatic heterocycles. The van der Waals surface area contributed by atoms with Crippen LogP contribution in [0.4, 0.5) is 16.2 Å². The van der Waals surface area contributed by atoms with Crippen molar-refractivity contribution in [3.63, 3.8) is 0 Å². The zero-order valence-corrected chi connectivity index (χ0v) is 16.5. The molecule has 0 heterocycles. The number of carbonyl (C=O) groups is 3. The first-order valence-electron chi connectivity index (χ1n) is 9.16. The Bertz CT molecular complexity index is 854. The SMILES string of the molecule is COCCOC(=O)Nc1cccc(NC(=O)CCNC(=O)c2ccccc2C)c1.